The predicted octanol–water partition coefficient (Wildman–Crippen LogP) is 2.56. The lowest BCUT2D eigenvalue weighted by Gasteiger charge is -2.36. The number of pyridine rings is 1. The summed E-state index contributed by atoms with van der Waals surface area (Å²) in [5, 5.41) is 0. The molecule has 1 amide bonds. The molecule has 5 nitrogen and oxygen atoms in total. The lowest BCUT2D eigenvalue weighted by molar-refractivity contribution is 0.0746. The molecule has 24 heavy (non-hydrogen) atoms. The van der Waals surface area contributed by atoms with Crippen LogP contribution in [0.1, 0.15) is 33.3 Å². The van der Waals surface area contributed by atoms with E-state index in [1.165, 1.54) is 0 Å². The van der Waals surface area contributed by atoms with Gasteiger partial charge >= 0.3 is 0 Å². The summed E-state index contributed by atoms with van der Waals surface area (Å²) in [4.78, 5) is 32.1. The quantitative estimate of drug-likeness (QED) is 0.815. The van der Waals surface area contributed by atoms with Gasteiger partial charge in [-0.1, -0.05) is 0 Å². The Morgan fingerprint density at radius 3 is 2.08 bits per heavy atom. The normalized spacial score (nSPS) is 14.6. The van der Waals surface area contributed by atoms with Crippen molar-refractivity contribution >= 4 is 17.4 Å². The number of hydrogen-bond donors (Lipinski definition) is 0. The summed E-state index contributed by atoms with van der Waals surface area (Å²) in [7, 11) is 0. The van der Waals surface area contributed by atoms with Crippen molar-refractivity contribution in [3.63, 3.8) is 0 Å². The van der Waals surface area contributed by atoms with E-state index in [1.54, 1.807) is 13.1 Å². The molecular formula is C19H21N3O2. The molecule has 1 aliphatic heterocycles. The lowest BCUT2D eigenvalue weighted by atomic mass is 10.1. The second-order valence-electron chi connectivity index (χ2n) is 6.07. The van der Waals surface area contributed by atoms with E-state index in [0.29, 0.717) is 18.7 Å². The van der Waals surface area contributed by atoms with Gasteiger partial charge in [0.1, 0.15) is 0 Å². The zero-order chi connectivity index (χ0) is 17.1. The maximum atomic E-state index is 12.5. The van der Waals surface area contributed by atoms with Crippen molar-refractivity contribution in [3.05, 3.63) is 59.4 Å². The van der Waals surface area contributed by atoms with Crippen LogP contribution in [-0.2, 0) is 0 Å². The zero-order valence-corrected chi connectivity index (χ0v) is 14.0. The fraction of sp³-hybridized carbons (Fsp3) is 0.316. The lowest BCUT2D eigenvalue weighted by Crippen LogP contribution is -2.48. The number of ketones is 1. The molecule has 1 aromatic carbocycles. The Morgan fingerprint density at radius 1 is 0.917 bits per heavy atom. The number of aromatic nitrogens is 1. The van der Waals surface area contributed by atoms with Crippen molar-refractivity contribution < 1.29 is 9.59 Å². The molecule has 0 spiro atoms. The number of Topliss-reactive ketones (excluding diaryl/α,β-unsaturated/α-hetero) is 1. The first kappa shape index (κ1) is 16.2. The molecule has 0 unspecified atom stereocenters. The van der Waals surface area contributed by atoms with Crippen LogP contribution in [0.5, 0.6) is 0 Å². The van der Waals surface area contributed by atoms with Gasteiger partial charge in [-0.25, -0.2) is 0 Å². The van der Waals surface area contributed by atoms with Crippen LogP contribution < -0.4 is 4.90 Å². The highest BCUT2D eigenvalue weighted by molar-refractivity contribution is 5.94. The Bertz CT molecular complexity index is 730. The molecule has 0 aliphatic carbocycles. The van der Waals surface area contributed by atoms with Gasteiger partial charge in [-0.3, -0.25) is 14.6 Å². The second kappa shape index (κ2) is 6.83. The highest BCUT2D eigenvalue weighted by Gasteiger charge is 2.22. The van der Waals surface area contributed by atoms with E-state index in [0.717, 1.165) is 30.0 Å². The van der Waals surface area contributed by atoms with Crippen LogP contribution in [-0.4, -0.2) is 47.8 Å². The molecule has 2 aromatic rings. The molecule has 0 atom stereocenters. The minimum Gasteiger partial charge on any atom is -0.368 e. The molecule has 0 bridgehead atoms. The van der Waals surface area contributed by atoms with Crippen LogP contribution in [0.4, 0.5) is 5.69 Å². The molecule has 1 fully saturated rings. The van der Waals surface area contributed by atoms with Crippen molar-refractivity contribution in [1.29, 1.82) is 0 Å². The van der Waals surface area contributed by atoms with Crippen molar-refractivity contribution in [2.24, 2.45) is 0 Å². The molecule has 3 rings (SSSR count). The summed E-state index contributed by atoms with van der Waals surface area (Å²) in [5.74, 6) is 0.109. The first-order valence-corrected chi connectivity index (χ1v) is 8.12. The second-order valence-corrected chi connectivity index (χ2v) is 6.07. The standard InChI is InChI=1S/C19H21N3O2/c1-14-3-4-17(13-20-14)19(24)22-11-9-21(10-12-22)18-7-5-16(6-8-18)15(2)23/h3-8,13H,9-12H2,1-2H3. The third-order valence-corrected chi connectivity index (χ3v) is 4.36. The fourth-order valence-electron chi connectivity index (χ4n) is 2.85. The molecule has 124 valence electrons. The van der Waals surface area contributed by atoms with Crippen molar-refractivity contribution in [3.8, 4) is 0 Å². The summed E-state index contributed by atoms with van der Waals surface area (Å²) >= 11 is 0. The largest absolute Gasteiger partial charge is 0.368 e. The minimum absolute atomic E-state index is 0.0362. The van der Waals surface area contributed by atoms with Gasteiger partial charge in [0.15, 0.2) is 5.78 Å². The number of nitrogens with zero attached hydrogens (tertiary/aromatic N) is 3. The topological polar surface area (TPSA) is 53.5 Å². The number of rotatable bonds is 3. The van der Waals surface area contributed by atoms with Crippen molar-refractivity contribution in [1.82, 2.24) is 9.88 Å². The van der Waals surface area contributed by atoms with E-state index in [2.05, 4.69) is 9.88 Å². The monoisotopic (exact) mass is 323 g/mol. The van der Waals surface area contributed by atoms with Crippen molar-refractivity contribution in [2.45, 2.75) is 13.8 Å². The molecule has 2 heterocycles. The van der Waals surface area contributed by atoms with Crippen LogP contribution in [0.25, 0.3) is 0 Å². The van der Waals surface area contributed by atoms with Crippen molar-refractivity contribution in [2.75, 3.05) is 31.1 Å². The Hall–Kier alpha value is -2.69. The van der Waals surface area contributed by atoms with Crippen LogP contribution in [0.15, 0.2) is 42.6 Å². The van der Waals surface area contributed by atoms with Gasteiger partial charge in [0.2, 0.25) is 0 Å². The third-order valence-electron chi connectivity index (χ3n) is 4.36. The van der Waals surface area contributed by atoms with E-state index in [1.807, 2.05) is 48.2 Å². The molecule has 1 aliphatic rings. The van der Waals surface area contributed by atoms with Gasteiger partial charge in [-0.2, -0.15) is 0 Å². The smallest absolute Gasteiger partial charge is 0.255 e. The summed E-state index contributed by atoms with van der Waals surface area (Å²) in [5.41, 5.74) is 3.36. The number of carbonyl (C=O) groups excluding carboxylic acids is 2. The number of piperazine rings is 1. The highest BCUT2D eigenvalue weighted by atomic mass is 16.2. The van der Waals surface area contributed by atoms with Gasteiger partial charge < -0.3 is 9.80 Å². The molecule has 0 radical (unpaired) electrons. The summed E-state index contributed by atoms with van der Waals surface area (Å²) in [6, 6.07) is 11.3. The Kier molecular flexibility index (Phi) is 4.60. The van der Waals surface area contributed by atoms with E-state index in [4.69, 9.17) is 0 Å². The predicted molar refractivity (Wildman–Crippen MR) is 93.5 cm³/mol. The number of anilines is 1. The third kappa shape index (κ3) is 3.45. The van der Waals surface area contributed by atoms with E-state index < -0.39 is 0 Å². The van der Waals surface area contributed by atoms with Gasteiger partial charge in [0.05, 0.1) is 5.56 Å². The maximum Gasteiger partial charge on any atom is 0.255 e. The van der Waals surface area contributed by atoms with Crippen LogP contribution >= 0.6 is 0 Å². The number of hydrogen-bond acceptors (Lipinski definition) is 4. The summed E-state index contributed by atoms with van der Waals surface area (Å²) in [6.07, 6.45) is 1.64. The summed E-state index contributed by atoms with van der Waals surface area (Å²) in [6.45, 7) is 6.40. The van der Waals surface area contributed by atoms with E-state index >= 15 is 0 Å². The average molecular weight is 323 g/mol. The zero-order valence-electron chi connectivity index (χ0n) is 14.0. The first-order chi connectivity index (χ1) is 11.5. The minimum atomic E-state index is 0.0362. The number of carbonyl (C=O) groups is 2. The molecule has 0 saturated carbocycles. The number of amides is 1. The fourth-order valence-corrected chi connectivity index (χ4v) is 2.85. The molecule has 0 N–H and O–H groups in total. The maximum absolute atomic E-state index is 12.5. The van der Waals surface area contributed by atoms with Crippen LogP contribution in [0.2, 0.25) is 0 Å². The van der Waals surface area contributed by atoms with E-state index in [-0.39, 0.29) is 11.7 Å². The first-order valence-electron chi connectivity index (χ1n) is 8.12. The van der Waals surface area contributed by atoms with Gasteiger partial charge in [0.25, 0.3) is 5.91 Å². The van der Waals surface area contributed by atoms with Gasteiger partial charge in [-0.05, 0) is 50.2 Å². The summed E-state index contributed by atoms with van der Waals surface area (Å²) < 4.78 is 0. The molecule has 5 heteroatoms. The SMILES string of the molecule is CC(=O)c1ccc(N2CCN(C(=O)c3ccc(C)nc3)CC2)cc1. The number of benzene rings is 1. The molecule has 1 saturated heterocycles. The molecular weight excluding hydrogens is 302 g/mol. The average Bonchev–Trinajstić information content (AvgIpc) is 2.62. The van der Waals surface area contributed by atoms with Crippen LogP contribution in [0, 0.1) is 6.92 Å². The van der Waals surface area contributed by atoms with Crippen LogP contribution in [0.3, 0.4) is 0 Å². The van der Waals surface area contributed by atoms with Gasteiger partial charge in [0, 0.05) is 49.3 Å². The molecule has 1 aromatic heterocycles. The van der Waals surface area contributed by atoms with E-state index in [9.17, 15) is 9.59 Å². The number of aryl methyl sites for hydroxylation is 1. The Balaban J connectivity index is 1.62. The Labute approximate surface area is 141 Å². The Morgan fingerprint density at radius 2 is 1.54 bits per heavy atom. The van der Waals surface area contributed by atoms with Gasteiger partial charge in [-0.15, -0.1) is 0 Å². The highest BCUT2D eigenvalue weighted by Crippen LogP contribution is 2.18.